The Hall–Kier alpha value is -1.02. The van der Waals surface area contributed by atoms with Gasteiger partial charge in [-0.05, 0) is 11.6 Å². The Kier molecular flexibility index (Phi) is 1.77. The second-order valence-electron chi connectivity index (χ2n) is 2.70. The molecule has 62 valence electrons. The van der Waals surface area contributed by atoms with E-state index in [4.69, 9.17) is 16.3 Å². The summed E-state index contributed by atoms with van der Waals surface area (Å²) >= 11 is 5.64. The van der Waals surface area contributed by atoms with Gasteiger partial charge in [-0.25, -0.2) is 4.79 Å². The maximum Gasteiger partial charge on any atom is 0.338 e. The molecule has 1 aliphatic heterocycles. The van der Waals surface area contributed by atoms with Crippen molar-refractivity contribution in [1.29, 1.82) is 0 Å². The second-order valence-corrected chi connectivity index (χ2v) is 2.97. The number of alkyl halides is 1. The third-order valence-electron chi connectivity index (χ3n) is 1.90. The molecule has 0 saturated carbocycles. The monoisotopic (exact) mass is 182 g/mol. The van der Waals surface area contributed by atoms with Gasteiger partial charge < -0.3 is 4.74 Å². The Bertz CT molecular complexity index is 333. The third kappa shape index (κ3) is 1.08. The fourth-order valence-electron chi connectivity index (χ4n) is 1.27. The van der Waals surface area contributed by atoms with E-state index in [0.29, 0.717) is 18.1 Å². The molecule has 0 unspecified atom stereocenters. The van der Waals surface area contributed by atoms with E-state index in [1.54, 1.807) is 6.07 Å². The Balaban J connectivity index is 2.48. The summed E-state index contributed by atoms with van der Waals surface area (Å²) in [7, 11) is 0. The molecule has 0 aromatic heterocycles. The van der Waals surface area contributed by atoms with E-state index in [1.165, 1.54) is 0 Å². The summed E-state index contributed by atoms with van der Waals surface area (Å²) in [6.07, 6.45) is 0. The lowest BCUT2D eigenvalue weighted by molar-refractivity contribution is 0.0535. The smallest absolute Gasteiger partial charge is 0.338 e. The normalized spacial score (nSPS) is 14.2. The van der Waals surface area contributed by atoms with Gasteiger partial charge in [-0.2, -0.15) is 0 Å². The molecule has 0 radical (unpaired) electrons. The van der Waals surface area contributed by atoms with Crippen molar-refractivity contribution in [2.24, 2.45) is 0 Å². The summed E-state index contributed by atoms with van der Waals surface area (Å²) in [5, 5.41) is 0. The van der Waals surface area contributed by atoms with Gasteiger partial charge >= 0.3 is 5.97 Å². The highest BCUT2D eigenvalue weighted by Gasteiger charge is 2.20. The van der Waals surface area contributed by atoms with Gasteiger partial charge in [0.05, 0.1) is 5.56 Å². The van der Waals surface area contributed by atoms with Gasteiger partial charge in [0.2, 0.25) is 0 Å². The molecule has 1 aliphatic rings. The van der Waals surface area contributed by atoms with Crippen LogP contribution in [0.15, 0.2) is 18.2 Å². The number of ether oxygens (including phenoxy) is 1. The van der Waals surface area contributed by atoms with Gasteiger partial charge in [0.1, 0.15) is 6.61 Å². The van der Waals surface area contributed by atoms with Gasteiger partial charge in [0.25, 0.3) is 0 Å². The number of benzene rings is 1. The zero-order valence-corrected chi connectivity index (χ0v) is 7.10. The summed E-state index contributed by atoms with van der Waals surface area (Å²) in [6.45, 7) is 0.388. The number of rotatable bonds is 1. The molecule has 3 heteroatoms. The van der Waals surface area contributed by atoms with Crippen molar-refractivity contribution in [1.82, 2.24) is 0 Å². The molecular weight excluding hydrogens is 176 g/mol. The van der Waals surface area contributed by atoms with E-state index in [1.807, 2.05) is 12.1 Å². The van der Waals surface area contributed by atoms with E-state index in [9.17, 15) is 4.79 Å². The van der Waals surface area contributed by atoms with Crippen molar-refractivity contribution in [3.63, 3.8) is 0 Å². The van der Waals surface area contributed by atoms with Crippen LogP contribution in [0.1, 0.15) is 21.5 Å². The SMILES string of the molecule is O=C1OCc2cc(CCl)ccc21. The fraction of sp³-hybridized carbons (Fsp3) is 0.222. The lowest BCUT2D eigenvalue weighted by Crippen LogP contribution is -1.93. The molecule has 0 N–H and O–H groups in total. The molecule has 0 fully saturated rings. The van der Waals surface area contributed by atoms with Gasteiger partial charge in [-0.1, -0.05) is 12.1 Å². The summed E-state index contributed by atoms with van der Waals surface area (Å²) in [6, 6.07) is 5.52. The molecule has 0 atom stereocenters. The van der Waals surface area contributed by atoms with Crippen molar-refractivity contribution in [2.45, 2.75) is 12.5 Å². The zero-order chi connectivity index (χ0) is 8.55. The molecule has 0 saturated heterocycles. The van der Waals surface area contributed by atoms with Crippen LogP contribution < -0.4 is 0 Å². The largest absolute Gasteiger partial charge is 0.457 e. The minimum atomic E-state index is -0.230. The van der Waals surface area contributed by atoms with Crippen LogP contribution in [0.5, 0.6) is 0 Å². The van der Waals surface area contributed by atoms with E-state index in [0.717, 1.165) is 11.1 Å². The molecule has 0 amide bonds. The van der Waals surface area contributed by atoms with E-state index < -0.39 is 0 Å². The fourth-order valence-corrected chi connectivity index (χ4v) is 1.44. The van der Waals surface area contributed by atoms with Crippen LogP contribution in [0.25, 0.3) is 0 Å². The van der Waals surface area contributed by atoms with Gasteiger partial charge in [0, 0.05) is 11.4 Å². The minimum absolute atomic E-state index is 0.230. The number of fused-ring (bicyclic) bond motifs is 1. The number of cyclic esters (lactones) is 1. The first-order valence-corrected chi connectivity index (χ1v) is 4.19. The maximum atomic E-state index is 11.0. The van der Waals surface area contributed by atoms with Gasteiger partial charge in [0.15, 0.2) is 0 Å². The topological polar surface area (TPSA) is 26.3 Å². The summed E-state index contributed by atoms with van der Waals surface area (Å²) in [5.74, 6) is 0.243. The first-order chi connectivity index (χ1) is 5.81. The van der Waals surface area contributed by atoms with Crippen LogP contribution in [0.4, 0.5) is 0 Å². The Labute approximate surface area is 75.1 Å². The van der Waals surface area contributed by atoms with Crippen molar-refractivity contribution >= 4 is 17.6 Å². The van der Waals surface area contributed by atoms with E-state index in [2.05, 4.69) is 0 Å². The predicted molar refractivity (Wildman–Crippen MR) is 45.1 cm³/mol. The molecule has 1 aromatic carbocycles. The Morgan fingerprint density at radius 1 is 1.50 bits per heavy atom. The van der Waals surface area contributed by atoms with Crippen molar-refractivity contribution in [2.75, 3.05) is 0 Å². The maximum absolute atomic E-state index is 11.0. The number of esters is 1. The average molecular weight is 183 g/mol. The number of halogens is 1. The molecule has 1 heterocycles. The van der Waals surface area contributed by atoms with Gasteiger partial charge in [-0.3, -0.25) is 0 Å². The van der Waals surface area contributed by atoms with E-state index in [-0.39, 0.29) is 5.97 Å². The first-order valence-electron chi connectivity index (χ1n) is 3.66. The Morgan fingerprint density at radius 3 is 3.08 bits per heavy atom. The minimum Gasteiger partial charge on any atom is -0.457 e. The summed E-state index contributed by atoms with van der Waals surface area (Å²) < 4.78 is 4.84. The van der Waals surface area contributed by atoms with Crippen LogP contribution in [0.3, 0.4) is 0 Å². The number of carbonyl (C=O) groups is 1. The highest BCUT2D eigenvalue weighted by atomic mass is 35.5. The molecule has 2 rings (SSSR count). The van der Waals surface area contributed by atoms with Crippen molar-refractivity contribution in [3.05, 3.63) is 34.9 Å². The Morgan fingerprint density at radius 2 is 2.33 bits per heavy atom. The first kappa shape index (κ1) is 7.62. The number of carbonyl (C=O) groups excluding carboxylic acids is 1. The average Bonchev–Trinajstić information content (AvgIpc) is 2.47. The lowest BCUT2D eigenvalue weighted by atomic mass is 10.1. The lowest BCUT2D eigenvalue weighted by Gasteiger charge is -1.96. The molecule has 12 heavy (non-hydrogen) atoms. The number of hydrogen-bond donors (Lipinski definition) is 0. The van der Waals surface area contributed by atoms with Crippen LogP contribution >= 0.6 is 11.6 Å². The molecule has 0 bridgehead atoms. The van der Waals surface area contributed by atoms with E-state index >= 15 is 0 Å². The van der Waals surface area contributed by atoms with Crippen LogP contribution in [-0.4, -0.2) is 5.97 Å². The molecular formula is C9H7ClO2. The van der Waals surface area contributed by atoms with Gasteiger partial charge in [-0.15, -0.1) is 11.6 Å². The second kappa shape index (κ2) is 2.79. The zero-order valence-electron chi connectivity index (χ0n) is 6.34. The molecule has 0 spiro atoms. The molecule has 1 aromatic rings. The number of hydrogen-bond acceptors (Lipinski definition) is 2. The van der Waals surface area contributed by atoms with Crippen LogP contribution in [0, 0.1) is 0 Å². The highest BCUT2D eigenvalue weighted by Crippen LogP contribution is 2.21. The standard InChI is InChI=1S/C9H7ClO2/c10-4-6-1-2-8-7(3-6)5-12-9(8)11/h1-3H,4-5H2. The van der Waals surface area contributed by atoms with Crippen molar-refractivity contribution in [3.8, 4) is 0 Å². The molecule has 2 nitrogen and oxygen atoms in total. The predicted octanol–water partition coefficient (Wildman–Crippen LogP) is 2.10. The van der Waals surface area contributed by atoms with Crippen molar-refractivity contribution < 1.29 is 9.53 Å². The molecule has 0 aliphatic carbocycles. The highest BCUT2D eigenvalue weighted by molar-refractivity contribution is 6.17. The van der Waals surface area contributed by atoms with Crippen LogP contribution in [0.2, 0.25) is 0 Å². The third-order valence-corrected chi connectivity index (χ3v) is 2.21. The summed E-state index contributed by atoms with van der Waals surface area (Å²) in [4.78, 5) is 11.0. The summed E-state index contributed by atoms with van der Waals surface area (Å²) in [5.41, 5.74) is 2.63. The quantitative estimate of drug-likeness (QED) is 0.491. The van der Waals surface area contributed by atoms with Crippen LogP contribution in [-0.2, 0) is 17.2 Å².